The van der Waals surface area contributed by atoms with Crippen LogP contribution in [0.2, 0.25) is 0 Å². The van der Waals surface area contributed by atoms with Gasteiger partial charge in [-0.2, -0.15) is 0 Å². The van der Waals surface area contributed by atoms with E-state index in [9.17, 15) is 14.4 Å². The number of methoxy groups -OCH3 is 1. The number of carboxylic acids is 1. The Kier molecular flexibility index (Phi) is 11.9. The second kappa shape index (κ2) is 11.4. The molecule has 0 spiro atoms. The van der Waals surface area contributed by atoms with Crippen LogP contribution in [0.25, 0.3) is 0 Å². The number of hydrogen-bond acceptors (Lipinski definition) is 5. The van der Waals surface area contributed by atoms with E-state index in [0.29, 0.717) is 19.3 Å². The predicted molar refractivity (Wildman–Crippen MR) is 76.5 cm³/mol. The Balaban J connectivity index is -0.00000162. The lowest BCUT2D eigenvalue weighted by molar-refractivity contribution is -0.156. The molecule has 0 saturated carbocycles. The van der Waals surface area contributed by atoms with Crippen LogP contribution in [0.15, 0.2) is 0 Å². The van der Waals surface area contributed by atoms with Crippen LogP contribution >= 0.6 is 0 Å². The summed E-state index contributed by atoms with van der Waals surface area (Å²) in [4.78, 5) is 33.1. The lowest BCUT2D eigenvalue weighted by atomic mass is 9.98. The van der Waals surface area contributed by atoms with Crippen LogP contribution in [0.4, 0.5) is 0 Å². The van der Waals surface area contributed by atoms with Gasteiger partial charge in [-0.3, -0.25) is 9.59 Å². The summed E-state index contributed by atoms with van der Waals surface area (Å²) in [6.07, 6.45) is 1.09. The molecule has 0 bridgehead atoms. The van der Waals surface area contributed by atoms with Crippen molar-refractivity contribution in [1.82, 2.24) is 0 Å². The summed E-state index contributed by atoms with van der Waals surface area (Å²) in [5, 5.41) is 8.50. The minimum absolute atomic E-state index is 0. The molecule has 120 valence electrons. The highest BCUT2D eigenvalue weighted by atomic mass is 16.6. The number of ketones is 1. The summed E-state index contributed by atoms with van der Waals surface area (Å²) in [7, 11) is 1.40. The molecule has 20 heavy (non-hydrogen) atoms. The fraction of sp³-hybridized carbons (Fsp3) is 0.786. The quantitative estimate of drug-likeness (QED) is 0.491. The van der Waals surface area contributed by atoms with Gasteiger partial charge in [-0.25, -0.2) is 4.79 Å². The fourth-order valence-corrected chi connectivity index (χ4v) is 1.47. The topological polar surface area (TPSA) is 89.9 Å². The smallest absolute Gasteiger partial charge is 0.334 e. The van der Waals surface area contributed by atoms with Gasteiger partial charge in [-0.05, 0) is 26.7 Å². The Morgan fingerprint density at radius 2 is 1.85 bits per heavy atom. The number of ether oxygens (including phenoxy) is 2. The van der Waals surface area contributed by atoms with Crippen LogP contribution in [0.1, 0.15) is 48.4 Å². The molecule has 2 atom stereocenters. The third-order valence-electron chi connectivity index (χ3n) is 2.88. The lowest BCUT2D eigenvalue weighted by Crippen LogP contribution is -2.26. The number of rotatable bonds is 10. The molecule has 6 heteroatoms. The summed E-state index contributed by atoms with van der Waals surface area (Å²) in [6, 6.07) is 0. The highest BCUT2D eigenvalue weighted by Gasteiger charge is 2.19. The van der Waals surface area contributed by atoms with Crippen LogP contribution in [0.5, 0.6) is 0 Å². The Hall–Kier alpha value is -1.43. The third kappa shape index (κ3) is 9.49. The van der Waals surface area contributed by atoms with Crippen molar-refractivity contribution in [1.29, 1.82) is 0 Å². The van der Waals surface area contributed by atoms with Gasteiger partial charge in [0.15, 0.2) is 6.10 Å². The van der Waals surface area contributed by atoms with E-state index < -0.39 is 18.0 Å². The van der Waals surface area contributed by atoms with Gasteiger partial charge in [0.1, 0.15) is 12.4 Å². The molecule has 0 radical (unpaired) electrons. The Bertz CT molecular complexity index is 319. The van der Waals surface area contributed by atoms with Crippen molar-refractivity contribution >= 4 is 17.7 Å². The van der Waals surface area contributed by atoms with Gasteiger partial charge in [0, 0.05) is 15.0 Å². The molecular formula is C14H28O6. The van der Waals surface area contributed by atoms with E-state index in [1.807, 2.05) is 0 Å². The van der Waals surface area contributed by atoms with Gasteiger partial charge in [0.2, 0.25) is 0 Å². The first-order valence-electron chi connectivity index (χ1n) is 6.30. The molecule has 0 aromatic heterocycles. The van der Waals surface area contributed by atoms with Gasteiger partial charge < -0.3 is 14.6 Å². The van der Waals surface area contributed by atoms with E-state index in [-0.39, 0.29) is 33.6 Å². The predicted octanol–water partition coefficient (Wildman–Crippen LogP) is 2.30. The number of carboxylic acid groups (broad SMARTS) is 1. The van der Waals surface area contributed by atoms with Crippen molar-refractivity contribution in [3.8, 4) is 0 Å². The standard InChI is InChI=1S/C13H22O6.CH4.H2/c1-9(14)11(6-4-5-7-12(15)16)8-19-13(17)10(2)18-3;;/h10-11H,4-8H2,1-3H3,(H,15,16);1H4;1H/i;;1+1. The summed E-state index contributed by atoms with van der Waals surface area (Å²) >= 11 is 0. The molecule has 0 aromatic carbocycles. The molecule has 1 N–H and O–H groups in total. The van der Waals surface area contributed by atoms with Crippen LogP contribution in [-0.4, -0.2) is 42.6 Å². The molecule has 0 fully saturated rings. The maximum Gasteiger partial charge on any atom is 0.334 e. The SMILES string of the molecule is C.COC(C)C(=O)OCC(CCCCC(=O)O)C(C)=O.[2HH]. The summed E-state index contributed by atoms with van der Waals surface area (Å²) in [6.45, 7) is 3.03. The monoisotopic (exact) mass is 293 g/mol. The highest BCUT2D eigenvalue weighted by molar-refractivity contribution is 5.79. The molecule has 0 aromatic rings. The number of hydrogen-bond donors (Lipinski definition) is 1. The van der Waals surface area contributed by atoms with Crippen molar-refractivity contribution in [3.63, 3.8) is 0 Å². The maximum atomic E-state index is 11.4. The van der Waals surface area contributed by atoms with Gasteiger partial charge in [0.25, 0.3) is 0 Å². The summed E-state index contributed by atoms with van der Waals surface area (Å²) < 4.78 is 9.80. The Labute approximate surface area is 121 Å². The number of aliphatic carboxylic acids is 1. The zero-order valence-electron chi connectivity index (χ0n) is 11.7. The molecule has 0 saturated heterocycles. The van der Waals surface area contributed by atoms with E-state index in [1.54, 1.807) is 6.92 Å². The number of carbonyl (C=O) groups excluding carboxylic acids is 2. The molecule has 0 aliphatic carbocycles. The number of Topliss-reactive ketones (excluding diaryl/α,β-unsaturated/α-hetero) is 1. The van der Waals surface area contributed by atoms with Crippen LogP contribution < -0.4 is 0 Å². The normalized spacial score (nSPS) is 12.9. The lowest BCUT2D eigenvalue weighted by Gasteiger charge is -2.15. The van der Waals surface area contributed by atoms with Crippen LogP contribution in [-0.2, 0) is 23.9 Å². The maximum absolute atomic E-state index is 11.4. The summed E-state index contributed by atoms with van der Waals surface area (Å²) in [5.41, 5.74) is 0. The van der Waals surface area contributed by atoms with E-state index in [2.05, 4.69) is 0 Å². The zero-order chi connectivity index (χ0) is 14.8. The largest absolute Gasteiger partial charge is 0.481 e. The minimum atomic E-state index is -0.847. The van der Waals surface area contributed by atoms with Gasteiger partial charge in [-0.15, -0.1) is 0 Å². The second-order valence-corrected chi connectivity index (χ2v) is 4.46. The Morgan fingerprint density at radius 1 is 1.25 bits per heavy atom. The average Bonchev–Trinajstić information content (AvgIpc) is 2.35. The zero-order valence-corrected chi connectivity index (χ0v) is 11.7. The number of esters is 1. The molecule has 6 nitrogen and oxygen atoms in total. The highest BCUT2D eigenvalue weighted by Crippen LogP contribution is 2.12. The Morgan fingerprint density at radius 3 is 2.30 bits per heavy atom. The molecular weight excluding hydrogens is 264 g/mol. The van der Waals surface area contributed by atoms with Crippen LogP contribution in [0, 0.1) is 5.92 Å². The van der Waals surface area contributed by atoms with E-state index in [4.69, 9.17) is 14.6 Å². The second-order valence-electron chi connectivity index (χ2n) is 4.46. The third-order valence-corrected chi connectivity index (χ3v) is 2.88. The van der Waals surface area contributed by atoms with E-state index in [1.165, 1.54) is 14.0 Å². The average molecular weight is 293 g/mol. The van der Waals surface area contributed by atoms with Crippen molar-refractivity contribution in [2.24, 2.45) is 5.92 Å². The molecule has 0 amide bonds. The van der Waals surface area contributed by atoms with Crippen LogP contribution in [0.3, 0.4) is 0 Å². The minimum Gasteiger partial charge on any atom is -0.481 e. The number of carbonyl (C=O) groups is 3. The van der Waals surface area contributed by atoms with Gasteiger partial charge in [0.05, 0.1) is 5.92 Å². The van der Waals surface area contributed by atoms with Crippen molar-refractivity contribution in [2.75, 3.05) is 13.7 Å². The molecule has 0 heterocycles. The first-order chi connectivity index (χ1) is 8.88. The fourth-order valence-electron chi connectivity index (χ4n) is 1.47. The van der Waals surface area contributed by atoms with Crippen molar-refractivity contribution < 1.29 is 30.4 Å². The first kappa shape index (κ1) is 20.9. The molecule has 0 aliphatic rings. The van der Waals surface area contributed by atoms with E-state index in [0.717, 1.165) is 0 Å². The van der Waals surface area contributed by atoms with E-state index >= 15 is 0 Å². The summed E-state index contributed by atoms with van der Waals surface area (Å²) in [5.74, 6) is -1.78. The van der Waals surface area contributed by atoms with Crippen molar-refractivity contribution in [3.05, 3.63) is 0 Å². The molecule has 0 aliphatic heterocycles. The van der Waals surface area contributed by atoms with Crippen molar-refractivity contribution in [2.45, 2.75) is 53.1 Å². The molecule has 2 unspecified atom stereocenters. The number of unbranched alkanes of at least 4 members (excludes halogenated alkanes) is 1. The molecule has 0 rings (SSSR count). The van der Waals surface area contributed by atoms with Gasteiger partial charge >= 0.3 is 11.9 Å². The van der Waals surface area contributed by atoms with Gasteiger partial charge in [-0.1, -0.05) is 13.8 Å². The first-order valence-corrected chi connectivity index (χ1v) is 6.30.